The Bertz CT molecular complexity index is 2260. The molecule has 4 aromatic rings. The molecule has 19 nitrogen and oxygen atoms in total. The third kappa shape index (κ3) is 17.1. The van der Waals surface area contributed by atoms with Gasteiger partial charge in [0.05, 0.1) is 17.4 Å². The Morgan fingerprint density at radius 3 is 2.14 bits per heavy atom. The Hall–Kier alpha value is -7.84. The zero-order chi connectivity index (χ0) is 47.1. The molecule has 4 aromatic carbocycles. The number of nitrogens with zero attached hydrogens (tertiary/aromatic N) is 2. The number of nitrogens with two attached hydrogens (primary N) is 1. The summed E-state index contributed by atoms with van der Waals surface area (Å²) in [5.74, 6) is -4.91. The average Bonchev–Trinajstić information content (AvgIpc) is 3.27. The Balaban J connectivity index is 1.39. The number of unbranched alkanes of at least 4 members (excludes halogenated alkanes) is 1. The van der Waals surface area contributed by atoms with Crippen LogP contribution < -0.4 is 47.1 Å². The van der Waals surface area contributed by atoms with E-state index in [0.29, 0.717) is 48.3 Å². The first-order valence-corrected chi connectivity index (χ1v) is 20.6. The van der Waals surface area contributed by atoms with Gasteiger partial charge in [-0.1, -0.05) is 49.4 Å². The third-order valence-corrected chi connectivity index (χ3v) is 9.39. The molecule has 65 heavy (non-hydrogen) atoms. The lowest BCUT2D eigenvalue weighted by Crippen LogP contribution is -2.48. The van der Waals surface area contributed by atoms with Crippen LogP contribution in [0.15, 0.2) is 96.0 Å². The molecule has 0 saturated carbocycles. The van der Waals surface area contributed by atoms with Gasteiger partial charge in [0, 0.05) is 69.0 Å². The molecule has 2 atom stereocenters. The lowest BCUT2D eigenvalue weighted by Gasteiger charge is -2.24. The number of hydrogen-bond donors (Lipinski definition) is 8. The summed E-state index contributed by atoms with van der Waals surface area (Å²) in [6, 6.07) is 20.1. The highest BCUT2D eigenvalue weighted by molar-refractivity contribution is 5.93. The van der Waals surface area contributed by atoms with Gasteiger partial charge in [-0.15, -0.1) is 0 Å². The molecule has 0 aliphatic carbocycles. The van der Waals surface area contributed by atoms with Gasteiger partial charge in [-0.3, -0.25) is 24.5 Å². The molecule has 4 rings (SSSR count). The summed E-state index contributed by atoms with van der Waals surface area (Å²) in [5, 5.41) is 36.1. The minimum atomic E-state index is -1.24. The second-order valence-corrected chi connectivity index (χ2v) is 14.2. The number of benzene rings is 4. The van der Waals surface area contributed by atoms with E-state index in [1.165, 1.54) is 24.3 Å². The van der Waals surface area contributed by atoms with Gasteiger partial charge >= 0.3 is 12.1 Å². The quantitative estimate of drug-likeness (QED) is 0.0169. The summed E-state index contributed by atoms with van der Waals surface area (Å²) in [7, 11) is 0. The van der Waals surface area contributed by atoms with Crippen LogP contribution in [-0.2, 0) is 20.9 Å². The van der Waals surface area contributed by atoms with E-state index >= 15 is 0 Å². The van der Waals surface area contributed by atoms with Crippen molar-refractivity contribution in [3.05, 3.63) is 129 Å². The molecule has 0 heterocycles. The normalized spacial score (nSPS) is 11.9. The Morgan fingerprint density at radius 2 is 1.45 bits per heavy atom. The van der Waals surface area contributed by atoms with Gasteiger partial charge in [0.25, 0.3) is 5.69 Å². The number of non-ortho nitro benzene ring substituents is 1. The highest BCUT2D eigenvalue weighted by Crippen LogP contribution is 2.28. The number of rotatable bonds is 23. The Morgan fingerprint density at radius 1 is 0.769 bits per heavy atom. The fourth-order valence-corrected chi connectivity index (χ4v) is 6.10. The molecule has 0 aliphatic heterocycles. The summed E-state index contributed by atoms with van der Waals surface area (Å²) in [6.45, 7) is 2.02. The van der Waals surface area contributed by atoms with Crippen LogP contribution in [-0.4, -0.2) is 84.7 Å². The number of halogens is 2. The van der Waals surface area contributed by atoms with Gasteiger partial charge in [-0.25, -0.2) is 18.4 Å². The van der Waals surface area contributed by atoms with Crippen molar-refractivity contribution in [3.8, 4) is 17.2 Å². The van der Waals surface area contributed by atoms with Crippen LogP contribution in [0.4, 0.5) is 24.1 Å². The van der Waals surface area contributed by atoms with Crippen molar-refractivity contribution in [1.29, 1.82) is 0 Å². The molecule has 0 radical (unpaired) electrons. The van der Waals surface area contributed by atoms with Crippen LogP contribution >= 0.6 is 0 Å². The minimum absolute atomic E-state index is 0.00397. The van der Waals surface area contributed by atoms with E-state index in [1.807, 2.05) is 0 Å². The number of carbonyl (C=O) groups is 5. The number of phenolic OH excluding ortho intramolecular Hbond substituents is 1. The van der Waals surface area contributed by atoms with Gasteiger partial charge in [-0.05, 0) is 61.1 Å². The van der Waals surface area contributed by atoms with Gasteiger partial charge in [0.1, 0.15) is 34.9 Å². The molecule has 0 bridgehead atoms. The molecule has 0 aromatic heterocycles. The fraction of sp³-hybridized carbons (Fsp3) is 0.318. The summed E-state index contributed by atoms with van der Waals surface area (Å²) in [4.78, 5) is 77.6. The molecule has 21 heteroatoms. The zero-order valence-corrected chi connectivity index (χ0v) is 35.4. The molecule has 0 aliphatic rings. The lowest BCUT2D eigenvalue weighted by atomic mass is 9.90. The van der Waals surface area contributed by atoms with E-state index in [2.05, 4.69) is 36.9 Å². The number of phenols is 1. The first-order chi connectivity index (χ1) is 31.2. The number of nitro groups is 1. The van der Waals surface area contributed by atoms with Gasteiger partial charge < -0.3 is 52.2 Å². The number of nitrogens with one attached hydrogen (secondary N) is 6. The molecular weight excluding hydrogens is 853 g/mol. The number of aromatic hydroxyl groups is 1. The Labute approximate surface area is 372 Å². The van der Waals surface area contributed by atoms with E-state index in [4.69, 9.17) is 15.2 Å². The van der Waals surface area contributed by atoms with E-state index in [0.717, 1.165) is 0 Å². The molecule has 1 unspecified atom stereocenters. The van der Waals surface area contributed by atoms with Crippen molar-refractivity contribution in [1.82, 2.24) is 31.9 Å². The number of urea groups is 1. The molecule has 9 N–H and O–H groups in total. The molecular formula is C44H51F2N9O10. The maximum Gasteiger partial charge on any atom is 0.412 e. The smallest absolute Gasteiger partial charge is 0.412 e. The van der Waals surface area contributed by atoms with Crippen molar-refractivity contribution in [2.45, 2.75) is 57.5 Å². The average molecular weight is 904 g/mol. The largest absolute Gasteiger partial charge is 0.508 e. The van der Waals surface area contributed by atoms with Gasteiger partial charge in [-0.2, -0.15) is 4.99 Å². The van der Waals surface area contributed by atoms with Crippen LogP contribution in [0.1, 0.15) is 61.6 Å². The summed E-state index contributed by atoms with van der Waals surface area (Å²) in [6.07, 6.45) is 0.806. The first-order valence-electron chi connectivity index (χ1n) is 20.6. The van der Waals surface area contributed by atoms with Crippen molar-refractivity contribution >= 4 is 41.5 Å². The monoisotopic (exact) mass is 903 g/mol. The minimum Gasteiger partial charge on any atom is -0.508 e. The zero-order valence-electron chi connectivity index (χ0n) is 35.4. The van der Waals surface area contributed by atoms with E-state index in [1.54, 1.807) is 61.5 Å². The number of ether oxygens (including phenoxy) is 2. The maximum atomic E-state index is 14.5. The number of hydrogen-bond acceptors (Lipinski definition) is 10. The molecule has 6 amide bonds. The SMILES string of the molecule is CCC(=O)NCCNC(=O)/N=C(/N)NCCC[C@@H](NC(=O)C(c1ccccc1)c1cccc(OCCCCNC(=O)Oc2ccc([N+](=O)[O-])cc2)c1)C(=O)NCc1c(F)cc(O)cc1F. The van der Waals surface area contributed by atoms with Crippen molar-refractivity contribution < 1.29 is 52.3 Å². The van der Waals surface area contributed by atoms with Crippen LogP contribution in [0.5, 0.6) is 17.2 Å². The van der Waals surface area contributed by atoms with Crippen molar-refractivity contribution in [2.75, 3.05) is 32.8 Å². The second-order valence-electron chi connectivity index (χ2n) is 14.2. The molecule has 346 valence electrons. The molecule has 0 saturated heterocycles. The van der Waals surface area contributed by atoms with Crippen molar-refractivity contribution in [3.63, 3.8) is 0 Å². The topological polar surface area (TPSA) is 278 Å². The first kappa shape index (κ1) is 49.8. The third-order valence-electron chi connectivity index (χ3n) is 9.39. The van der Waals surface area contributed by atoms with E-state index < -0.39 is 70.3 Å². The number of carbonyl (C=O) groups excluding carboxylic acids is 5. The number of guanidine groups is 1. The van der Waals surface area contributed by atoms with Crippen molar-refractivity contribution in [2.24, 2.45) is 10.7 Å². The predicted octanol–water partition coefficient (Wildman–Crippen LogP) is 4.38. The molecule has 0 fully saturated rings. The summed E-state index contributed by atoms with van der Waals surface area (Å²) >= 11 is 0. The summed E-state index contributed by atoms with van der Waals surface area (Å²) in [5.41, 5.74) is 6.32. The van der Waals surface area contributed by atoms with E-state index in [-0.39, 0.29) is 68.9 Å². The standard InChI is InChI=1S/C44H51F2N9O10/c1-2-38(57)48-21-22-50-43(60)54-42(47)49-20-9-14-37(40(58)52-27-34-35(45)25-31(56)26-36(34)46)53-41(59)39(28-10-4-3-5-11-28)29-12-8-13-33(24-29)64-23-7-6-19-51-44(61)65-32-17-15-30(16-18-32)55(62)63/h3-5,8,10-13,15-18,24-26,37,39,56H,2,6-7,9,14,19-23,27H2,1H3,(H,48,57)(H,51,61)(H,52,58)(H,53,59)(H4,47,49,50,54,60)/t37-,39?/m1/s1. The predicted molar refractivity (Wildman–Crippen MR) is 234 cm³/mol. The van der Waals surface area contributed by atoms with Gasteiger partial charge in [0.15, 0.2) is 5.96 Å². The summed E-state index contributed by atoms with van der Waals surface area (Å²) < 4.78 is 40.2. The van der Waals surface area contributed by atoms with E-state index in [9.17, 15) is 48.0 Å². The number of nitro benzene ring substituents is 1. The second kappa shape index (κ2) is 25.9. The van der Waals surface area contributed by atoms with Crippen LogP contribution in [0.25, 0.3) is 0 Å². The maximum absolute atomic E-state index is 14.5. The fourth-order valence-electron chi connectivity index (χ4n) is 6.10. The highest BCUT2D eigenvalue weighted by atomic mass is 19.1. The Kier molecular flexibility index (Phi) is 19.9. The highest BCUT2D eigenvalue weighted by Gasteiger charge is 2.29. The van der Waals surface area contributed by atoms with Crippen LogP contribution in [0, 0.1) is 21.7 Å². The lowest BCUT2D eigenvalue weighted by molar-refractivity contribution is -0.384. The number of aliphatic imine (C=N–C) groups is 1. The van der Waals surface area contributed by atoms with Crippen LogP contribution in [0.3, 0.4) is 0 Å². The van der Waals surface area contributed by atoms with Crippen LogP contribution in [0.2, 0.25) is 0 Å². The molecule has 0 spiro atoms. The number of amides is 6. The van der Waals surface area contributed by atoms with Gasteiger partial charge in [0.2, 0.25) is 17.7 Å².